The van der Waals surface area contributed by atoms with E-state index in [1.165, 1.54) is 6.07 Å². The molecule has 0 bridgehead atoms. The molecule has 1 amide bonds. The van der Waals surface area contributed by atoms with Gasteiger partial charge in [-0.2, -0.15) is 0 Å². The highest BCUT2D eigenvalue weighted by Crippen LogP contribution is 2.23. The standard InChI is InChI=1S/C20H26FN3OS/c1-14(2)19-22-18(13-26-19)20(25)23(3)16-8-6-10-24(12-16)11-15-7-4-5-9-17(15)21/h4-5,7,9,13-14,16H,6,8,10-12H2,1-3H3. The van der Waals surface area contributed by atoms with Gasteiger partial charge in [0.25, 0.3) is 5.91 Å². The van der Waals surface area contributed by atoms with Crippen molar-refractivity contribution in [2.24, 2.45) is 0 Å². The van der Waals surface area contributed by atoms with Gasteiger partial charge in [-0.1, -0.05) is 32.0 Å². The van der Waals surface area contributed by atoms with Crippen LogP contribution in [0.25, 0.3) is 0 Å². The minimum Gasteiger partial charge on any atom is -0.336 e. The maximum atomic E-state index is 13.9. The van der Waals surface area contributed by atoms with E-state index in [1.54, 1.807) is 17.4 Å². The van der Waals surface area contributed by atoms with Crippen LogP contribution in [0.1, 0.15) is 53.7 Å². The number of halogens is 1. The number of nitrogens with zero attached hydrogens (tertiary/aromatic N) is 3. The van der Waals surface area contributed by atoms with Gasteiger partial charge >= 0.3 is 0 Å². The number of likely N-dealkylation sites (tertiary alicyclic amines) is 1. The zero-order chi connectivity index (χ0) is 18.7. The summed E-state index contributed by atoms with van der Waals surface area (Å²) in [6, 6.07) is 7.04. The molecule has 0 aliphatic carbocycles. The first-order chi connectivity index (χ1) is 12.5. The predicted octanol–water partition coefficient (Wildman–Crippen LogP) is 4.14. The summed E-state index contributed by atoms with van der Waals surface area (Å²) in [4.78, 5) is 21.3. The van der Waals surface area contributed by atoms with Crippen molar-refractivity contribution in [3.8, 4) is 0 Å². The third-order valence-corrected chi connectivity index (χ3v) is 6.08. The van der Waals surface area contributed by atoms with Crippen LogP contribution in [0.4, 0.5) is 4.39 Å². The Morgan fingerprint density at radius 1 is 1.42 bits per heavy atom. The van der Waals surface area contributed by atoms with Gasteiger partial charge in [0.15, 0.2) is 0 Å². The van der Waals surface area contributed by atoms with E-state index in [0.29, 0.717) is 23.7 Å². The Bertz CT molecular complexity index is 761. The third kappa shape index (κ3) is 4.30. The number of benzene rings is 1. The van der Waals surface area contributed by atoms with E-state index in [2.05, 4.69) is 23.7 Å². The number of hydrogen-bond donors (Lipinski definition) is 0. The van der Waals surface area contributed by atoms with Gasteiger partial charge in [0.05, 0.1) is 5.01 Å². The quantitative estimate of drug-likeness (QED) is 0.788. The molecular weight excluding hydrogens is 349 g/mol. The number of carbonyl (C=O) groups is 1. The largest absolute Gasteiger partial charge is 0.336 e. The monoisotopic (exact) mass is 375 g/mol. The van der Waals surface area contributed by atoms with Crippen molar-refractivity contribution in [2.45, 2.75) is 45.2 Å². The fourth-order valence-corrected chi connectivity index (χ4v) is 4.17. The van der Waals surface area contributed by atoms with E-state index in [1.807, 2.05) is 29.5 Å². The predicted molar refractivity (Wildman–Crippen MR) is 103 cm³/mol. The molecular formula is C20H26FN3OS. The molecule has 2 aromatic rings. The van der Waals surface area contributed by atoms with Crippen LogP contribution in [0.2, 0.25) is 0 Å². The Morgan fingerprint density at radius 3 is 2.88 bits per heavy atom. The van der Waals surface area contributed by atoms with Crippen LogP contribution in [0.15, 0.2) is 29.6 Å². The summed E-state index contributed by atoms with van der Waals surface area (Å²) in [6.45, 7) is 6.44. The molecule has 2 heterocycles. The highest BCUT2D eigenvalue weighted by atomic mass is 32.1. The smallest absolute Gasteiger partial charge is 0.273 e. The van der Waals surface area contributed by atoms with Gasteiger partial charge in [-0.05, 0) is 25.5 Å². The maximum absolute atomic E-state index is 13.9. The molecule has 1 aliphatic heterocycles. The second-order valence-corrected chi connectivity index (χ2v) is 8.15. The summed E-state index contributed by atoms with van der Waals surface area (Å²) in [5.41, 5.74) is 1.25. The normalized spacial score (nSPS) is 18.3. The van der Waals surface area contributed by atoms with Gasteiger partial charge in [-0.3, -0.25) is 9.69 Å². The molecule has 1 atom stereocenters. The van der Waals surface area contributed by atoms with E-state index in [-0.39, 0.29) is 17.8 Å². The lowest BCUT2D eigenvalue weighted by Gasteiger charge is -2.37. The van der Waals surface area contributed by atoms with E-state index >= 15 is 0 Å². The molecule has 4 nitrogen and oxygen atoms in total. The lowest BCUT2D eigenvalue weighted by atomic mass is 10.0. The minimum absolute atomic E-state index is 0.0223. The molecule has 0 N–H and O–H groups in total. The molecule has 0 spiro atoms. The van der Waals surface area contributed by atoms with E-state index in [0.717, 1.165) is 30.9 Å². The number of carbonyl (C=O) groups excluding carboxylic acids is 1. The van der Waals surface area contributed by atoms with Gasteiger partial charge in [0.2, 0.25) is 0 Å². The van der Waals surface area contributed by atoms with Crippen LogP contribution in [0, 0.1) is 5.82 Å². The van der Waals surface area contributed by atoms with Gasteiger partial charge in [-0.25, -0.2) is 9.37 Å². The number of rotatable bonds is 5. The Balaban J connectivity index is 1.64. The fourth-order valence-electron chi connectivity index (χ4n) is 3.36. The molecule has 0 saturated carbocycles. The summed E-state index contributed by atoms with van der Waals surface area (Å²) in [5, 5.41) is 2.85. The minimum atomic E-state index is -0.164. The van der Waals surface area contributed by atoms with Crippen molar-refractivity contribution in [1.82, 2.24) is 14.8 Å². The van der Waals surface area contributed by atoms with Gasteiger partial charge in [0.1, 0.15) is 11.5 Å². The molecule has 1 aliphatic rings. The summed E-state index contributed by atoms with van der Waals surface area (Å²) in [5.74, 6) is 0.145. The van der Waals surface area contributed by atoms with Crippen molar-refractivity contribution < 1.29 is 9.18 Å². The summed E-state index contributed by atoms with van der Waals surface area (Å²) in [7, 11) is 1.86. The summed E-state index contributed by atoms with van der Waals surface area (Å²) >= 11 is 1.54. The third-order valence-electron chi connectivity index (χ3n) is 4.94. The number of piperidine rings is 1. The van der Waals surface area contributed by atoms with Gasteiger partial charge < -0.3 is 4.90 Å². The van der Waals surface area contributed by atoms with Crippen LogP contribution in [-0.2, 0) is 6.54 Å². The molecule has 1 fully saturated rings. The highest BCUT2D eigenvalue weighted by molar-refractivity contribution is 7.09. The highest BCUT2D eigenvalue weighted by Gasteiger charge is 2.28. The number of likely N-dealkylation sites (N-methyl/N-ethyl adjacent to an activating group) is 1. The maximum Gasteiger partial charge on any atom is 0.273 e. The van der Waals surface area contributed by atoms with Crippen molar-refractivity contribution in [3.63, 3.8) is 0 Å². The zero-order valence-corrected chi connectivity index (χ0v) is 16.4. The lowest BCUT2D eigenvalue weighted by molar-refractivity contribution is 0.0603. The molecule has 1 aromatic heterocycles. The number of hydrogen-bond acceptors (Lipinski definition) is 4. The lowest BCUT2D eigenvalue weighted by Crippen LogP contribution is -2.48. The van der Waals surface area contributed by atoms with Crippen LogP contribution < -0.4 is 0 Å². The summed E-state index contributed by atoms with van der Waals surface area (Å²) < 4.78 is 13.9. The Hall–Kier alpha value is -1.79. The van der Waals surface area contributed by atoms with E-state index < -0.39 is 0 Å². The molecule has 26 heavy (non-hydrogen) atoms. The first-order valence-corrected chi connectivity index (χ1v) is 10.0. The molecule has 0 radical (unpaired) electrons. The van der Waals surface area contributed by atoms with Gasteiger partial charge in [-0.15, -0.1) is 11.3 Å². The molecule has 1 unspecified atom stereocenters. The van der Waals surface area contributed by atoms with Crippen LogP contribution in [-0.4, -0.2) is 46.9 Å². The average molecular weight is 376 g/mol. The molecule has 140 valence electrons. The Kier molecular flexibility index (Phi) is 6.04. The molecule has 6 heteroatoms. The van der Waals surface area contributed by atoms with Crippen LogP contribution in [0.5, 0.6) is 0 Å². The number of thiazole rings is 1. The average Bonchev–Trinajstić information content (AvgIpc) is 3.13. The second-order valence-electron chi connectivity index (χ2n) is 7.26. The molecule has 1 saturated heterocycles. The van der Waals surface area contributed by atoms with Gasteiger partial charge in [0, 0.05) is 43.0 Å². The molecule has 1 aromatic carbocycles. The number of aromatic nitrogens is 1. The first-order valence-electron chi connectivity index (χ1n) is 9.14. The first kappa shape index (κ1) is 19.0. The van der Waals surface area contributed by atoms with Crippen molar-refractivity contribution >= 4 is 17.2 Å². The van der Waals surface area contributed by atoms with Crippen molar-refractivity contribution in [3.05, 3.63) is 51.7 Å². The topological polar surface area (TPSA) is 36.4 Å². The Morgan fingerprint density at radius 2 is 2.19 bits per heavy atom. The number of amides is 1. The van der Waals surface area contributed by atoms with E-state index in [4.69, 9.17) is 0 Å². The van der Waals surface area contributed by atoms with E-state index in [9.17, 15) is 9.18 Å². The van der Waals surface area contributed by atoms with Crippen LogP contribution in [0.3, 0.4) is 0 Å². The van der Waals surface area contributed by atoms with Crippen molar-refractivity contribution in [1.29, 1.82) is 0 Å². The molecule has 3 rings (SSSR count). The summed E-state index contributed by atoms with van der Waals surface area (Å²) in [6.07, 6.45) is 1.97. The van der Waals surface area contributed by atoms with Crippen LogP contribution >= 0.6 is 11.3 Å². The Labute approximate surface area is 158 Å². The second kappa shape index (κ2) is 8.27. The zero-order valence-electron chi connectivity index (χ0n) is 15.6. The fraction of sp³-hybridized carbons (Fsp3) is 0.500. The SMILES string of the molecule is CC(C)c1nc(C(=O)N(C)C2CCCN(Cc3ccccc3F)C2)cs1. The van der Waals surface area contributed by atoms with Crippen molar-refractivity contribution in [2.75, 3.05) is 20.1 Å².